The molecule has 0 bridgehead atoms. The number of benzene rings is 3. The molecule has 0 saturated carbocycles. The summed E-state index contributed by atoms with van der Waals surface area (Å²) in [5.41, 5.74) is 11.3. The van der Waals surface area contributed by atoms with Crippen molar-refractivity contribution in [3.05, 3.63) is 89.6 Å². The number of ether oxygens (including phenoxy) is 1. The summed E-state index contributed by atoms with van der Waals surface area (Å²) < 4.78 is 10.6. The van der Waals surface area contributed by atoms with Crippen LogP contribution < -0.4 is 19.6 Å². The molecule has 3 aromatic carbocycles. The van der Waals surface area contributed by atoms with Crippen molar-refractivity contribution >= 4 is 38.4 Å². The van der Waals surface area contributed by atoms with Gasteiger partial charge in [-0.05, 0) is 47.0 Å². The lowest BCUT2D eigenvalue weighted by atomic mass is 9.99. The van der Waals surface area contributed by atoms with E-state index >= 15 is 0 Å². The lowest BCUT2D eigenvalue weighted by Crippen LogP contribution is -2.42. The molecule has 0 aliphatic heterocycles. The SMILES string of the molecule is COc1ccc(-c2ccc3c(c2)c(Cc2sc4ccccc4[n+]2CC(N)=O)cc[n+]3C)cc1. The molecule has 2 aromatic heterocycles. The normalized spacial score (nSPS) is 11.2. The second kappa shape index (κ2) is 8.64. The highest BCUT2D eigenvalue weighted by molar-refractivity contribution is 7.18. The number of methoxy groups -OCH3 is 1. The van der Waals surface area contributed by atoms with E-state index in [1.54, 1.807) is 18.4 Å². The third-order valence-corrected chi connectivity index (χ3v) is 7.15. The average molecular weight is 456 g/mol. The largest absolute Gasteiger partial charge is 0.497 e. The minimum Gasteiger partial charge on any atom is -0.497 e. The van der Waals surface area contributed by atoms with E-state index in [1.165, 1.54) is 10.9 Å². The summed E-state index contributed by atoms with van der Waals surface area (Å²) >= 11 is 1.71. The summed E-state index contributed by atoms with van der Waals surface area (Å²) in [5, 5.41) is 2.30. The molecule has 33 heavy (non-hydrogen) atoms. The predicted octanol–water partition coefficient (Wildman–Crippen LogP) is 3.92. The van der Waals surface area contributed by atoms with Gasteiger partial charge in [-0.1, -0.05) is 35.6 Å². The molecule has 2 N–H and O–H groups in total. The fraction of sp³-hybridized carbons (Fsp3) is 0.148. The molecule has 0 saturated heterocycles. The van der Waals surface area contributed by atoms with Crippen molar-refractivity contribution in [2.75, 3.05) is 7.11 Å². The molecule has 164 valence electrons. The maximum Gasteiger partial charge on any atom is 0.283 e. The fourth-order valence-corrected chi connectivity index (χ4v) is 5.48. The number of aromatic nitrogens is 2. The summed E-state index contributed by atoms with van der Waals surface area (Å²) in [6, 6.07) is 25.0. The predicted molar refractivity (Wildman–Crippen MR) is 131 cm³/mol. The molecular weight excluding hydrogens is 430 g/mol. The molecular formula is C27H25N3O2S+2. The van der Waals surface area contributed by atoms with E-state index in [2.05, 4.69) is 64.8 Å². The Balaban J connectivity index is 1.62. The van der Waals surface area contributed by atoms with Crippen LogP contribution in [0.2, 0.25) is 0 Å². The maximum atomic E-state index is 11.8. The Kier molecular flexibility index (Phi) is 5.52. The first-order valence-electron chi connectivity index (χ1n) is 10.8. The standard InChI is InChI=1S/C27H24N3O2S/c1-29-14-13-20(16-27-30(17-26(28)31)24-5-3-4-6-25(24)33-27)22-15-19(9-12-23(22)29)18-7-10-21(32-2)11-8-18/h3-15H,16-17H2,1-2H3,(H-,28,31)/q+1/p+1. The molecule has 2 heterocycles. The average Bonchev–Trinajstić information content (AvgIpc) is 3.17. The lowest BCUT2D eigenvalue weighted by molar-refractivity contribution is -0.660. The molecule has 0 aliphatic rings. The number of carbonyl (C=O) groups is 1. The zero-order valence-corrected chi connectivity index (χ0v) is 19.4. The Labute approximate surface area is 196 Å². The highest BCUT2D eigenvalue weighted by Gasteiger charge is 2.24. The van der Waals surface area contributed by atoms with E-state index in [9.17, 15) is 4.79 Å². The second-order valence-corrected chi connectivity index (χ2v) is 9.22. The number of para-hydroxylation sites is 1. The van der Waals surface area contributed by atoms with Crippen LogP contribution in [0.25, 0.3) is 32.2 Å². The van der Waals surface area contributed by atoms with Crippen LogP contribution in [0.3, 0.4) is 0 Å². The molecule has 1 amide bonds. The van der Waals surface area contributed by atoms with Crippen molar-refractivity contribution in [2.45, 2.75) is 13.0 Å². The fourth-order valence-electron chi connectivity index (χ4n) is 4.30. The van der Waals surface area contributed by atoms with Gasteiger partial charge in [0, 0.05) is 18.2 Å². The van der Waals surface area contributed by atoms with Crippen molar-refractivity contribution in [1.29, 1.82) is 0 Å². The summed E-state index contributed by atoms with van der Waals surface area (Å²) in [6.07, 6.45) is 2.81. The maximum absolute atomic E-state index is 11.8. The van der Waals surface area contributed by atoms with E-state index < -0.39 is 0 Å². The summed E-state index contributed by atoms with van der Waals surface area (Å²) in [4.78, 5) is 11.8. The number of aryl methyl sites for hydroxylation is 1. The van der Waals surface area contributed by atoms with Gasteiger partial charge >= 0.3 is 0 Å². The van der Waals surface area contributed by atoms with Gasteiger partial charge in [0.25, 0.3) is 5.91 Å². The first-order valence-corrected chi connectivity index (χ1v) is 11.6. The molecule has 5 rings (SSSR count). The minimum atomic E-state index is -0.337. The zero-order chi connectivity index (χ0) is 22.9. The van der Waals surface area contributed by atoms with Crippen molar-refractivity contribution in [1.82, 2.24) is 0 Å². The van der Waals surface area contributed by atoms with Gasteiger partial charge in [-0.3, -0.25) is 4.79 Å². The Hall–Kier alpha value is -3.77. The third-order valence-electron chi connectivity index (χ3n) is 5.99. The van der Waals surface area contributed by atoms with E-state index in [1.807, 2.05) is 30.3 Å². The molecule has 5 nitrogen and oxygen atoms in total. The van der Waals surface area contributed by atoms with Crippen molar-refractivity contribution < 1.29 is 18.7 Å². The van der Waals surface area contributed by atoms with Crippen LogP contribution in [-0.2, 0) is 24.8 Å². The molecule has 6 heteroatoms. The van der Waals surface area contributed by atoms with Gasteiger partial charge in [0.05, 0.1) is 18.9 Å². The van der Waals surface area contributed by atoms with Gasteiger partial charge in [0.2, 0.25) is 22.6 Å². The monoisotopic (exact) mass is 455 g/mol. The van der Waals surface area contributed by atoms with Gasteiger partial charge < -0.3 is 10.5 Å². The van der Waals surface area contributed by atoms with Crippen molar-refractivity contribution in [3.63, 3.8) is 0 Å². The van der Waals surface area contributed by atoms with Crippen LogP contribution in [0.5, 0.6) is 5.75 Å². The molecule has 0 aliphatic carbocycles. The Bertz CT molecular complexity index is 1490. The number of nitrogens with two attached hydrogens (primary N) is 1. The molecule has 5 aromatic rings. The smallest absolute Gasteiger partial charge is 0.283 e. The number of fused-ring (bicyclic) bond motifs is 2. The number of amides is 1. The number of nitrogens with zero attached hydrogens (tertiary/aromatic N) is 2. The highest BCUT2D eigenvalue weighted by Crippen LogP contribution is 2.29. The van der Waals surface area contributed by atoms with E-state index in [-0.39, 0.29) is 12.5 Å². The van der Waals surface area contributed by atoms with Crippen LogP contribution in [0, 0.1) is 0 Å². The first kappa shape index (κ1) is 21.1. The van der Waals surface area contributed by atoms with Crippen LogP contribution in [0.15, 0.2) is 79.0 Å². The summed E-state index contributed by atoms with van der Waals surface area (Å²) in [7, 11) is 3.74. The van der Waals surface area contributed by atoms with E-state index in [0.717, 1.165) is 44.0 Å². The second-order valence-electron chi connectivity index (χ2n) is 8.11. The number of primary amides is 1. The molecule has 0 spiro atoms. The van der Waals surface area contributed by atoms with Crippen LogP contribution in [-0.4, -0.2) is 13.0 Å². The van der Waals surface area contributed by atoms with Crippen molar-refractivity contribution in [2.24, 2.45) is 12.8 Å². The topological polar surface area (TPSA) is 60.1 Å². The summed E-state index contributed by atoms with van der Waals surface area (Å²) in [5.74, 6) is 0.506. The highest BCUT2D eigenvalue weighted by atomic mass is 32.1. The Morgan fingerprint density at radius 2 is 1.73 bits per heavy atom. The van der Waals surface area contributed by atoms with Crippen LogP contribution in [0.1, 0.15) is 10.6 Å². The number of thiazole rings is 1. The van der Waals surface area contributed by atoms with Gasteiger partial charge in [-0.2, -0.15) is 4.57 Å². The van der Waals surface area contributed by atoms with Gasteiger partial charge in [-0.25, -0.2) is 4.57 Å². The lowest BCUT2D eigenvalue weighted by Gasteiger charge is -2.08. The van der Waals surface area contributed by atoms with Gasteiger partial charge in [-0.15, -0.1) is 0 Å². The number of carbonyl (C=O) groups excluding carboxylic acids is 1. The Morgan fingerprint density at radius 3 is 2.48 bits per heavy atom. The van der Waals surface area contributed by atoms with Gasteiger partial charge in [0.15, 0.2) is 6.20 Å². The molecule has 0 fully saturated rings. The van der Waals surface area contributed by atoms with Crippen molar-refractivity contribution in [3.8, 4) is 16.9 Å². The first-order chi connectivity index (χ1) is 16.0. The van der Waals surface area contributed by atoms with Crippen LogP contribution in [0.4, 0.5) is 0 Å². The van der Waals surface area contributed by atoms with Gasteiger partial charge in [0.1, 0.15) is 17.5 Å². The third kappa shape index (κ3) is 4.05. The summed E-state index contributed by atoms with van der Waals surface area (Å²) in [6.45, 7) is 0.176. The molecule has 0 unspecified atom stereocenters. The van der Waals surface area contributed by atoms with Crippen LogP contribution >= 0.6 is 11.3 Å². The molecule has 0 radical (unpaired) electrons. The van der Waals surface area contributed by atoms with E-state index in [4.69, 9.17) is 10.5 Å². The molecule has 0 atom stereocenters. The van der Waals surface area contributed by atoms with E-state index in [0.29, 0.717) is 0 Å². The quantitative estimate of drug-likeness (QED) is 0.395. The Morgan fingerprint density at radius 1 is 0.970 bits per heavy atom. The minimum absolute atomic E-state index is 0.176. The number of hydrogen-bond acceptors (Lipinski definition) is 3. The zero-order valence-electron chi connectivity index (χ0n) is 18.6. The number of hydrogen-bond donors (Lipinski definition) is 1. The number of pyridine rings is 1. The number of rotatable bonds is 6.